The number of nitrogens with one attached hydrogen (secondary N) is 1. The van der Waals surface area contributed by atoms with E-state index >= 15 is 0 Å². The van der Waals surface area contributed by atoms with E-state index in [1.165, 1.54) is 6.08 Å². The largest absolute Gasteiger partial charge is 0.360 e. The van der Waals surface area contributed by atoms with Gasteiger partial charge in [-0.15, -0.1) is 0 Å². The lowest BCUT2D eigenvalue weighted by molar-refractivity contribution is 0.104. The fraction of sp³-hybridized carbons (Fsp3) is 0.0952. The Balaban J connectivity index is 2.05. The highest BCUT2D eigenvalue weighted by molar-refractivity contribution is 6.20. The summed E-state index contributed by atoms with van der Waals surface area (Å²) in [6.45, 7) is 2.06. The minimum absolute atomic E-state index is 0.0397. The predicted molar refractivity (Wildman–Crippen MR) is 96.8 cm³/mol. The highest BCUT2D eigenvalue weighted by Crippen LogP contribution is 2.25. The van der Waals surface area contributed by atoms with Crippen molar-refractivity contribution >= 4 is 22.8 Å². The first-order chi connectivity index (χ1) is 12.2. The van der Waals surface area contributed by atoms with E-state index in [9.17, 15) is 10.1 Å². The van der Waals surface area contributed by atoms with E-state index in [0.29, 0.717) is 16.7 Å². The van der Waals surface area contributed by atoms with Crippen LogP contribution in [-0.4, -0.2) is 10.8 Å². The number of fused-ring (bicyclic) bond motifs is 1. The van der Waals surface area contributed by atoms with Crippen molar-refractivity contribution in [2.75, 3.05) is 0 Å². The van der Waals surface area contributed by atoms with Crippen molar-refractivity contribution in [1.29, 1.82) is 10.5 Å². The lowest BCUT2D eigenvalue weighted by atomic mass is 9.99. The van der Waals surface area contributed by atoms with Gasteiger partial charge in [0, 0.05) is 22.7 Å². The number of hydrogen-bond donors (Lipinski definition) is 1. The average Bonchev–Trinajstić information content (AvgIpc) is 3.09. The van der Waals surface area contributed by atoms with E-state index in [1.807, 2.05) is 24.3 Å². The van der Waals surface area contributed by atoms with Crippen LogP contribution in [0.4, 0.5) is 0 Å². The van der Waals surface area contributed by atoms with Crippen LogP contribution < -0.4 is 0 Å². The van der Waals surface area contributed by atoms with Gasteiger partial charge in [0.1, 0.15) is 11.6 Å². The molecular weight excluding hydrogens is 310 g/mol. The first-order valence-electron chi connectivity index (χ1n) is 7.93. The van der Waals surface area contributed by atoms with E-state index in [0.717, 1.165) is 22.9 Å². The molecule has 3 rings (SSSR count). The maximum atomic E-state index is 12.8. The van der Waals surface area contributed by atoms with Gasteiger partial charge in [-0.1, -0.05) is 37.3 Å². The molecule has 2 aromatic carbocycles. The number of carbonyl (C=O) groups is 1. The molecule has 0 aliphatic rings. The van der Waals surface area contributed by atoms with Gasteiger partial charge in [-0.05, 0) is 35.8 Å². The van der Waals surface area contributed by atoms with Crippen LogP contribution in [0.3, 0.4) is 0 Å². The Kier molecular flexibility index (Phi) is 4.46. The molecular formula is C21H15N3O. The number of nitrogens with zero attached hydrogens (tertiary/aromatic N) is 2. The molecule has 0 saturated carbocycles. The number of carbonyl (C=O) groups excluding carboxylic acids is 1. The molecule has 120 valence electrons. The molecule has 1 aromatic heterocycles. The van der Waals surface area contributed by atoms with Crippen molar-refractivity contribution in [3.63, 3.8) is 0 Å². The number of aryl methyl sites for hydroxylation is 1. The van der Waals surface area contributed by atoms with Gasteiger partial charge in [-0.25, -0.2) is 0 Å². The van der Waals surface area contributed by atoms with Gasteiger partial charge in [0.25, 0.3) is 0 Å². The second-order valence-electron chi connectivity index (χ2n) is 5.63. The average molecular weight is 325 g/mol. The molecule has 1 heterocycles. The zero-order chi connectivity index (χ0) is 17.8. The number of aromatic nitrogens is 1. The van der Waals surface area contributed by atoms with Crippen LogP contribution in [0.1, 0.15) is 34.0 Å². The molecule has 0 atom stereocenters. The molecule has 0 saturated heterocycles. The molecule has 4 heteroatoms. The molecule has 0 aliphatic heterocycles. The molecule has 3 aromatic rings. The van der Waals surface area contributed by atoms with Gasteiger partial charge in [-0.2, -0.15) is 10.5 Å². The summed E-state index contributed by atoms with van der Waals surface area (Å²) < 4.78 is 0. The SMILES string of the molecule is CCc1cccc2c(C(=O)/C(C#N)=C/c3cccc(C#N)c3)c[nH]c12. The van der Waals surface area contributed by atoms with Crippen molar-refractivity contribution in [1.82, 2.24) is 4.98 Å². The highest BCUT2D eigenvalue weighted by atomic mass is 16.1. The Labute approximate surface area is 145 Å². The number of benzene rings is 2. The Bertz CT molecular complexity index is 1070. The maximum Gasteiger partial charge on any atom is 0.205 e. The van der Waals surface area contributed by atoms with E-state index in [-0.39, 0.29) is 11.4 Å². The third-order valence-electron chi connectivity index (χ3n) is 4.12. The lowest BCUT2D eigenvalue weighted by Crippen LogP contribution is -2.01. The fourth-order valence-corrected chi connectivity index (χ4v) is 2.86. The summed E-state index contributed by atoms with van der Waals surface area (Å²) in [6.07, 6.45) is 4.03. The van der Waals surface area contributed by atoms with Crippen LogP contribution in [0.15, 0.2) is 54.2 Å². The van der Waals surface area contributed by atoms with Crippen molar-refractivity contribution < 1.29 is 4.79 Å². The van der Waals surface area contributed by atoms with Gasteiger partial charge in [0.15, 0.2) is 0 Å². The Hall–Kier alpha value is -3.63. The van der Waals surface area contributed by atoms with E-state index in [4.69, 9.17) is 5.26 Å². The molecule has 0 bridgehead atoms. The normalized spacial score (nSPS) is 11.1. The van der Waals surface area contributed by atoms with Crippen molar-refractivity contribution in [2.45, 2.75) is 13.3 Å². The fourth-order valence-electron chi connectivity index (χ4n) is 2.86. The number of Topliss-reactive ketones (excluding diaryl/α,β-unsaturated/α-hetero) is 1. The number of allylic oxidation sites excluding steroid dienone is 1. The Morgan fingerprint density at radius 2 is 2.00 bits per heavy atom. The summed E-state index contributed by atoms with van der Waals surface area (Å²) in [4.78, 5) is 16.0. The molecule has 0 spiro atoms. The Morgan fingerprint density at radius 3 is 2.72 bits per heavy atom. The number of nitriles is 2. The van der Waals surface area contributed by atoms with Gasteiger partial charge in [0.2, 0.25) is 5.78 Å². The zero-order valence-electron chi connectivity index (χ0n) is 13.7. The standard InChI is InChI=1S/C21H15N3O/c1-2-16-7-4-8-18-19(13-24-20(16)18)21(25)17(12-23)10-14-5-3-6-15(9-14)11-22/h3-10,13,24H,2H2,1H3/b17-10+. The highest BCUT2D eigenvalue weighted by Gasteiger charge is 2.17. The molecule has 0 radical (unpaired) electrons. The quantitative estimate of drug-likeness (QED) is 0.439. The predicted octanol–water partition coefficient (Wildman–Crippen LogP) is 4.39. The van der Waals surface area contributed by atoms with Gasteiger partial charge >= 0.3 is 0 Å². The van der Waals surface area contributed by atoms with E-state index in [1.54, 1.807) is 30.5 Å². The second kappa shape index (κ2) is 6.86. The zero-order valence-corrected chi connectivity index (χ0v) is 13.7. The summed E-state index contributed by atoms with van der Waals surface area (Å²) in [6, 6.07) is 16.7. The summed E-state index contributed by atoms with van der Waals surface area (Å²) in [5.74, 6) is -0.329. The van der Waals surface area contributed by atoms with Crippen LogP contribution in [-0.2, 0) is 6.42 Å². The smallest absolute Gasteiger partial charge is 0.205 e. The van der Waals surface area contributed by atoms with Gasteiger partial charge in [-0.3, -0.25) is 4.79 Å². The first kappa shape index (κ1) is 16.2. The molecule has 1 N–H and O–H groups in total. The molecule has 4 nitrogen and oxygen atoms in total. The minimum atomic E-state index is -0.329. The summed E-state index contributed by atoms with van der Waals surface area (Å²) in [7, 11) is 0. The summed E-state index contributed by atoms with van der Waals surface area (Å²) in [5.41, 5.74) is 3.71. The van der Waals surface area contributed by atoms with Crippen molar-refractivity contribution in [3.8, 4) is 12.1 Å². The van der Waals surface area contributed by atoms with Crippen LogP contribution in [0, 0.1) is 22.7 Å². The number of para-hydroxylation sites is 1. The monoisotopic (exact) mass is 325 g/mol. The molecule has 25 heavy (non-hydrogen) atoms. The number of H-pyrrole nitrogens is 1. The van der Waals surface area contributed by atoms with Crippen LogP contribution in [0.25, 0.3) is 17.0 Å². The van der Waals surface area contributed by atoms with Crippen molar-refractivity contribution in [2.24, 2.45) is 0 Å². The number of ketones is 1. The minimum Gasteiger partial charge on any atom is -0.360 e. The second-order valence-corrected chi connectivity index (χ2v) is 5.63. The van der Waals surface area contributed by atoms with E-state index in [2.05, 4.69) is 18.0 Å². The summed E-state index contributed by atoms with van der Waals surface area (Å²) >= 11 is 0. The molecule has 0 amide bonds. The molecule has 0 fully saturated rings. The number of hydrogen-bond acceptors (Lipinski definition) is 3. The van der Waals surface area contributed by atoms with Crippen LogP contribution in [0.5, 0.6) is 0 Å². The lowest BCUT2D eigenvalue weighted by Gasteiger charge is -2.01. The third-order valence-corrected chi connectivity index (χ3v) is 4.12. The van der Waals surface area contributed by atoms with Gasteiger partial charge in [0.05, 0.1) is 11.6 Å². The van der Waals surface area contributed by atoms with Gasteiger partial charge < -0.3 is 4.98 Å². The first-order valence-corrected chi connectivity index (χ1v) is 7.93. The van der Waals surface area contributed by atoms with E-state index < -0.39 is 0 Å². The molecule has 0 unspecified atom stereocenters. The van der Waals surface area contributed by atoms with Crippen LogP contribution in [0.2, 0.25) is 0 Å². The maximum absolute atomic E-state index is 12.8. The topological polar surface area (TPSA) is 80.4 Å². The molecule has 0 aliphatic carbocycles. The number of aromatic amines is 1. The summed E-state index contributed by atoms with van der Waals surface area (Å²) in [5, 5.41) is 19.2. The van der Waals surface area contributed by atoms with Crippen LogP contribution >= 0.6 is 0 Å². The van der Waals surface area contributed by atoms with Crippen molar-refractivity contribution in [3.05, 3.63) is 76.5 Å². The third kappa shape index (κ3) is 3.06. The number of rotatable bonds is 4. The Morgan fingerprint density at radius 1 is 1.20 bits per heavy atom.